The van der Waals surface area contributed by atoms with Crippen LogP contribution in [0.3, 0.4) is 0 Å². The van der Waals surface area contributed by atoms with Gasteiger partial charge in [0.1, 0.15) is 5.75 Å². The number of carbonyl (C=O) groups is 1. The Labute approximate surface area is 117 Å². The zero-order valence-electron chi connectivity index (χ0n) is 11.7. The highest BCUT2D eigenvalue weighted by Gasteiger charge is 2.16. The van der Waals surface area contributed by atoms with Crippen molar-refractivity contribution in [3.8, 4) is 5.75 Å². The van der Waals surface area contributed by atoms with Crippen LogP contribution in [0.4, 0.5) is 10.5 Å². The largest absolute Gasteiger partial charge is 0.495 e. The molecule has 7 heteroatoms. The summed E-state index contributed by atoms with van der Waals surface area (Å²) in [5.41, 5.74) is 6.20. The van der Waals surface area contributed by atoms with E-state index in [9.17, 15) is 4.79 Å². The standard InChI is InChI=1S/C13H19N3O4/c1-8(2)7-20-13(17)15-11-9(12(14)16-18)5-4-6-10(11)19-3/h4-6,8,18H,7H2,1-3H3,(H2,14,16)(H,15,17). The first-order valence-corrected chi connectivity index (χ1v) is 6.08. The average Bonchev–Trinajstić information content (AvgIpc) is 2.44. The molecule has 4 N–H and O–H groups in total. The van der Waals surface area contributed by atoms with Gasteiger partial charge in [-0.25, -0.2) is 4.79 Å². The van der Waals surface area contributed by atoms with Crippen LogP contribution < -0.4 is 15.8 Å². The number of anilines is 1. The first-order chi connectivity index (χ1) is 9.49. The molecule has 7 nitrogen and oxygen atoms in total. The van der Waals surface area contributed by atoms with E-state index in [-0.39, 0.29) is 11.8 Å². The number of carbonyl (C=O) groups excluding carboxylic acids is 1. The van der Waals surface area contributed by atoms with E-state index < -0.39 is 6.09 Å². The fourth-order valence-electron chi connectivity index (χ4n) is 1.48. The number of hydrogen-bond acceptors (Lipinski definition) is 5. The highest BCUT2D eigenvalue weighted by atomic mass is 16.5. The average molecular weight is 281 g/mol. The number of ether oxygens (including phenoxy) is 2. The van der Waals surface area contributed by atoms with Crippen LogP contribution in [0.5, 0.6) is 5.75 Å². The minimum Gasteiger partial charge on any atom is -0.495 e. The van der Waals surface area contributed by atoms with Gasteiger partial charge in [-0.2, -0.15) is 0 Å². The third-order valence-corrected chi connectivity index (χ3v) is 2.40. The second-order valence-electron chi connectivity index (χ2n) is 4.49. The Morgan fingerprint density at radius 3 is 2.75 bits per heavy atom. The lowest BCUT2D eigenvalue weighted by atomic mass is 10.1. The normalized spacial score (nSPS) is 11.3. The van der Waals surface area contributed by atoms with Crippen molar-refractivity contribution in [1.29, 1.82) is 0 Å². The molecule has 110 valence electrons. The number of nitrogens with one attached hydrogen (secondary N) is 1. The second-order valence-corrected chi connectivity index (χ2v) is 4.49. The monoisotopic (exact) mass is 281 g/mol. The molecule has 0 spiro atoms. The molecule has 0 aliphatic carbocycles. The van der Waals surface area contributed by atoms with Crippen molar-refractivity contribution in [1.82, 2.24) is 0 Å². The number of hydrogen-bond donors (Lipinski definition) is 3. The Bertz CT molecular complexity index is 500. The van der Waals surface area contributed by atoms with Crippen molar-refractivity contribution in [2.45, 2.75) is 13.8 Å². The summed E-state index contributed by atoms with van der Waals surface area (Å²) in [7, 11) is 1.45. The van der Waals surface area contributed by atoms with Crippen LogP contribution >= 0.6 is 0 Å². The van der Waals surface area contributed by atoms with Crippen molar-refractivity contribution >= 4 is 17.6 Å². The first kappa shape index (κ1) is 15.6. The minimum absolute atomic E-state index is 0.136. The molecular formula is C13H19N3O4. The summed E-state index contributed by atoms with van der Waals surface area (Å²) >= 11 is 0. The summed E-state index contributed by atoms with van der Waals surface area (Å²) in [4.78, 5) is 11.7. The molecule has 1 amide bonds. The summed E-state index contributed by atoms with van der Waals surface area (Å²) in [5, 5.41) is 14.2. The quantitative estimate of drug-likeness (QED) is 0.331. The Balaban J connectivity index is 2.99. The van der Waals surface area contributed by atoms with Gasteiger partial charge in [0.25, 0.3) is 0 Å². The Morgan fingerprint density at radius 2 is 2.20 bits per heavy atom. The molecule has 0 atom stereocenters. The molecule has 0 fully saturated rings. The number of amides is 1. The van der Waals surface area contributed by atoms with Gasteiger partial charge in [0.05, 0.1) is 19.4 Å². The van der Waals surface area contributed by atoms with Crippen LogP contribution in [0.25, 0.3) is 0 Å². The second kappa shape index (κ2) is 7.22. The minimum atomic E-state index is -0.629. The molecule has 0 aromatic heterocycles. The van der Waals surface area contributed by atoms with Gasteiger partial charge in [-0.05, 0) is 18.1 Å². The van der Waals surface area contributed by atoms with Crippen molar-refractivity contribution in [3.05, 3.63) is 23.8 Å². The maximum Gasteiger partial charge on any atom is 0.411 e. The van der Waals surface area contributed by atoms with Gasteiger partial charge in [-0.15, -0.1) is 0 Å². The molecule has 1 aromatic carbocycles. The van der Waals surface area contributed by atoms with Gasteiger partial charge < -0.3 is 20.4 Å². The number of nitrogens with zero attached hydrogens (tertiary/aromatic N) is 1. The Morgan fingerprint density at radius 1 is 1.50 bits per heavy atom. The lowest BCUT2D eigenvalue weighted by Crippen LogP contribution is -2.21. The van der Waals surface area contributed by atoms with Gasteiger partial charge in [0.15, 0.2) is 5.84 Å². The fraction of sp³-hybridized carbons (Fsp3) is 0.385. The molecule has 1 aromatic rings. The van der Waals surface area contributed by atoms with Crippen LogP contribution in [0.15, 0.2) is 23.4 Å². The van der Waals surface area contributed by atoms with E-state index in [1.54, 1.807) is 18.2 Å². The highest BCUT2D eigenvalue weighted by molar-refractivity contribution is 6.06. The van der Waals surface area contributed by atoms with E-state index in [2.05, 4.69) is 10.5 Å². The van der Waals surface area contributed by atoms with E-state index in [1.807, 2.05) is 13.8 Å². The van der Waals surface area contributed by atoms with E-state index in [0.717, 1.165) is 0 Å². The summed E-state index contributed by atoms with van der Waals surface area (Å²) < 4.78 is 10.2. The Hall–Kier alpha value is -2.44. The van der Waals surface area contributed by atoms with E-state index in [0.29, 0.717) is 23.6 Å². The maximum absolute atomic E-state index is 11.7. The summed E-state index contributed by atoms with van der Waals surface area (Å²) in [6.07, 6.45) is -0.629. The number of nitrogens with two attached hydrogens (primary N) is 1. The lowest BCUT2D eigenvalue weighted by Gasteiger charge is -2.14. The van der Waals surface area contributed by atoms with Crippen molar-refractivity contribution < 1.29 is 19.5 Å². The highest BCUT2D eigenvalue weighted by Crippen LogP contribution is 2.28. The predicted molar refractivity (Wildman–Crippen MR) is 75.3 cm³/mol. The van der Waals surface area contributed by atoms with Gasteiger partial charge in [0, 0.05) is 5.56 Å². The summed E-state index contributed by atoms with van der Waals surface area (Å²) in [6, 6.07) is 4.90. The van der Waals surface area contributed by atoms with Crippen LogP contribution in [-0.2, 0) is 4.74 Å². The van der Waals surface area contributed by atoms with Crippen LogP contribution in [0.2, 0.25) is 0 Å². The number of amidine groups is 1. The third-order valence-electron chi connectivity index (χ3n) is 2.40. The molecular weight excluding hydrogens is 262 g/mol. The topological polar surface area (TPSA) is 106 Å². The van der Waals surface area contributed by atoms with Crippen molar-refractivity contribution in [2.24, 2.45) is 16.8 Å². The third kappa shape index (κ3) is 4.04. The molecule has 0 heterocycles. The van der Waals surface area contributed by atoms with Crippen molar-refractivity contribution in [2.75, 3.05) is 19.0 Å². The smallest absolute Gasteiger partial charge is 0.411 e. The predicted octanol–water partition coefficient (Wildman–Crippen LogP) is 1.99. The van der Waals surface area contributed by atoms with Crippen LogP contribution in [0, 0.1) is 5.92 Å². The van der Waals surface area contributed by atoms with E-state index in [4.69, 9.17) is 20.4 Å². The van der Waals surface area contributed by atoms with Gasteiger partial charge >= 0.3 is 6.09 Å². The number of oxime groups is 1. The van der Waals surface area contributed by atoms with E-state index >= 15 is 0 Å². The zero-order chi connectivity index (χ0) is 15.1. The maximum atomic E-state index is 11.7. The number of rotatable bonds is 5. The van der Waals surface area contributed by atoms with Crippen molar-refractivity contribution in [3.63, 3.8) is 0 Å². The van der Waals surface area contributed by atoms with Gasteiger partial charge in [0.2, 0.25) is 0 Å². The molecule has 0 aliphatic heterocycles. The number of benzene rings is 1. The number of para-hydroxylation sites is 1. The summed E-state index contributed by atoms with van der Waals surface area (Å²) in [6.45, 7) is 4.15. The molecule has 1 rings (SSSR count). The van der Waals surface area contributed by atoms with Crippen LogP contribution in [-0.4, -0.2) is 30.9 Å². The Kier molecular flexibility index (Phi) is 5.64. The fourth-order valence-corrected chi connectivity index (χ4v) is 1.48. The number of methoxy groups -OCH3 is 1. The molecule has 0 radical (unpaired) electrons. The molecule has 20 heavy (non-hydrogen) atoms. The zero-order valence-corrected chi connectivity index (χ0v) is 11.7. The molecule has 0 saturated heterocycles. The van der Waals surface area contributed by atoms with E-state index in [1.165, 1.54) is 7.11 Å². The molecule has 0 aliphatic rings. The first-order valence-electron chi connectivity index (χ1n) is 6.08. The lowest BCUT2D eigenvalue weighted by molar-refractivity contribution is 0.147. The SMILES string of the molecule is COc1cccc(/C(N)=N/O)c1NC(=O)OCC(C)C. The summed E-state index contributed by atoms with van der Waals surface area (Å²) in [5.74, 6) is 0.473. The van der Waals surface area contributed by atoms with Gasteiger partial charge in [-0.3, -0.25) is 5.32 Å². The molecule has 0 unspecified atom stereocenters. The molecule has 0 bridgehead atoms. The molecule has 0 saturated carbocycles. The van der Waals surface area contributed by atoms with Gasteiger partial charge in [-0.1, -0.05) is 25.1 Å². The van der Waals surface area contributed by atoms with Crippen LogP contribution in [0.1, 0.15) is 19.4 Å².